The van der Waals surface area contributed by atoms with Crippen LogP contribution in [0.1, 0.15) is 34.1 Å². The number of halogens is 3. The maximum atomic E-state index is 11.3. The first kappa shape index (κ1) is 21.7. The molecule has 120 valence electrons. The summed E-state index contributed by atoms with van der Waals surface area (Å²) in [7, 11) is -1.06. The number of ketones is 2. The monoisotopic (exact) mass is 320 g/mol. The molecule has 0 aliphatic heterocycles. The Labute approximate surface area is 117 Å². The van der Waals surface area contributed by atoms with E-state index in [2.05, 4.69) is 0 Å². The Kier molecular flexibility index (Phi) is 13.3. The number of hydrogen-bond donors (Lipinski definition) is 0. The molecule has 0 N–H and O–H groups in total. The van der Waals surface area contributed by atoms with E-state index in [1.165, 1.54) is 0 Å². The number of hydrogen-bond acceptors (Lipinski definition) is 5. The van der Waals surface area contributed by atoms with Gasteiger partial charge in [0.25, 0.3) is 0 Å². The molecule has 0 amide bonds. The minimum absolute atomic E-state index is 0.645. The molecule has 0 atom stereocenters. The van der Waals surface area contributed by atoms with Crippen molar-refractivity contribution in [1.29, 1.82) is 0 Å². The highest BCUT2D eigenvalue weighted by Gasteiger charge is 2.38. The van der Waals surface area contributed by atoms with Crippen LogP contribution >= 0.6 is 8.60 Å². The van der Waals surface area contributed by atoms with Gasteiger partial charge in [-0.25, -0.2) is 0 Å². The highest BCUT2D eigenvalue weighted by Crippen LogP contribution is 2.38. The van der Waals surface area contributed by atoms with Gasteiger partial charge in [-0.05, 0) is 27.7 Å². The summed E-state index contributed by atoms with van der Waals surface area (Å²) in [5.74, 6) is -2.76. The van der Waals surface area contributed by atoms with Gasteiger partial charge < -0.3 is 13.6 Å². The summed E-state index contributed by atoms with van der Waals surface area (Å²) >= 11 is 0. The number of Topliss-reactive ketones (excluding diaryl/α,β-unsaturated/α-hetero) is 2. The molecule has 0 aromatic carbocycles. The van der Waals surface area contributed by atoms with Crippen molar-refractivity contribution in [1.82, 2.24) is 0 Å². The van der Waals surface area contributed by atoms with Crippen LogP contribution in [0.3, 0.4) is 0 Å². The van der Waals surface area contributed by atoms with Crippen molar-refractivity contribution in [2.45, 2.75) is 40.3 Å². The molecule has 0 saturated carbocycles. The Balaban J connectivity index is 0. The number of carbonyl (C=O) groups excluding carboxylic acids is 2. The van der Waals surface area contributed by atoms with Crippen LogP contribution in [0.4, 0.5) is 13.2 Å². The van der Waals surface area contributed by atoms with Crippen LogP contribution in [0.25, 0.3) is 0 Å². The predicted octanol–water partition coefficient (Wildman–Crippen LogP) is 3.42. The molecule has 0 aliphatic rings. The fraction of sp³-hybridized carbons (Fsp3) is 0.818. The van der Waals surface area contributed by atoms with Crippen molar-refractivity contribution in [3.8, 4) is 0 Å². The molecule has 0 heterocycles. The lowest BCUT2D eigenvalue weighted by Crippen LogP contribution is -2.24. The number of rotatable bonds is 8. The number of alkyl halides is 3. The second-order valence-corrected chi connectivity index (χ2v) is 4.50. The van der Waals surface area contributed by atoms with E-state index in [0.29, 0.717) is 19.8 Å². The number of carbonyl (C=O) groups is 2. The van der Waals surface area contributed by atoms with Gasteiger partial charge in [0.15, 0.2) is 0 Å². The Morgan fingerprint density at radius 3 is 1.45 bits per heavy atom. The summed E-state index contributed by atoms with van der Waals surface area (Å²) in [6, 6.07) is 0. The van der Waals surface area contributed by atoms with Gasteiger partial charge in [0.1, 0.15) is 5.78 Å². The summed E-state index contributed by atoms with van der Waals surface area (Å²) in [4.78, 5) is 19.9. The lowest BCUT2D eigenvalue weighted by molar-refractivity contribution is -0.171. The Morgan fingerprint density at radius 1 is 0.950 bits per heavy atom. The third-order valence-electron chi connectivity index (χ3n) is 1.43. The molecule has 0 saturated heterocycles. The third kappa shape index (κ3) is 13.9. The molecule has 0 aromatic heterocycles. The maximum absolute atomic E-state index is 11.3. The van der Waals surface area contributed by atoms with E-state index >= 15 is 0 Å². The third-order valence-corrected chi connectivity index (χ3v) is 2.84. The summed E-state index contributed by atoms with van der Waals surface area (Å²) < 4.78 is 49.4. The zero-order valence-electron chi connectivity index (χ0n) is 12.0. The fourth-order valence-corrected chi connectivity index (χ4v) is 1.61. The van der Waals surface area contributed by atoms with Crippen LogP contribution < -0.4 is 0 Å². The zero-order valence-corrected chi connectivity index (χ0v) is 12.8. The lowest BCUT2D eigenvalue weighted by atomic mass is 10.2. The summed E-state index contributed by atoms with van der Waals surface area (Å²) in [5.41, 5.74) is 0. The van der Waals surface area contributed by atoms with Crippen LogP contribution in [-0.4, -0.2) is 37.6 Å². The quantitative estimate of drug-likeness (QED) is 0.506. The molecule has 5 nitrogen and oxygen atoms in total. The standard InChI is InChI=1S/C6H15O3P.C5H5F3O2/c1-4-7-10(8-5-2)9-6-3;1-3(9)2-4(10)5(6,7)8/h4-6H2,1-3H3;2H2,1H3. The van der Waals surface area contributed by atoms with E-state index in [-0.39, 0.29) is 0 Å². The Morgan fingerprint density at radius 2 is 1.30 bits per heavy atom. The van der Waals surface area contributed by atoms with E-state index in [4.69, 9.17) is 13.6 Å². The van der Waals surface area contributed by atoms with Gasteiger partial charge in [-0.15, -0.1) is 0 Å². The zero-order chi connectivity index (χ0) is 16.2. The van der Waals surface area contributed by atoms with Crippen molar-refractivity contribution in [2.24, 2.45) is 0 Å². The van der Waals surface area contributed by atoms with E-state index in [1.54, 1.807) is 0 Å². The smallest absolute Gasteiger partial charge is 0.313 e. The fourth-order valence-electron chi connectivity index (χ4n) is 0.754. The van der Waals surface area contributed by atoms with Crippen molar-refractivity contribution in [3.05, 3.63) is 0 Å². The van der Waals surface area contributed by atoms with Crippen molar-refractivity contribution in [3.63, 3.8) is 0 Å². The van der Waals surface area contributed by atoms with Crippen molar-refractivity contribution < 1.29 is 36.3 Å². The summed E-state index contributed by atoms with van der Waals surface area (Å²) in [5, 5.41) is 0. The van der Waals surface area contributed by atoms with Crippen molar-refractivity contribution in [2.75, 3.05) is 19.8 Å². The minimum Gasteiger partial charge on any atom is -0.313 e. The average molecular weight is 320 g/mol. The first-order chi connectivity index (χ1) is 9.18. The van der Waals surface area contributed by atoms with Crippen molar-refractivity contribution >= 4 is 20.2 Å². The maximum Gasteiger partial charge on any atom is 0.450 e. The molecule has 0 bridgehead atoms. The van der Waals surface area contributed by atoms with E-state index in [1.807, 2.05) is 20.8 Å². The van der Waals surface area contributed by atoms with Crippen LogP contribution in [0, 0.1) is 0 Å². The molecule has 0 radical (unpaired) electrons. The summed E-state index contributed by atoms with van der Waals surface area (Å²) in [6.45, 7) is 8.64. The lowest BCUT2D eigenvalue weighted by Gasteiger charge is -2.12. The topological polar surface area (TPSA) is 61.8 Å². The van der Waals surface area contributed by atoms with E-state index in [0.717, 1.165) is 6.92 Å². The van der Waals surface area contributed by atoms with Gasteiger partial charge in [0.05, 0.1) is 26.2 Å². The first-order valence-electron chi connectivity index (χ1n) is 5.97. The average Bonchev–Trinajstić information content (AvgIpc) is 2.28. The molecule has 0 rings (SSSR count). The predicted molar refractivity (Wildman–Crippen MR) is 68.2 cm³/mol. The van der Waals surface area contributed by atoms with Gasteiger partial charge in [-0.2, -0.15) is 13.2 Å². The van der Waals surface area contributed by atoms with Crippen LogP contribution in [0.5, 0.6) is 0 Å². The highest BCUT2D eigenvalue weighted by atomic mass is 31.2. The van der Waals surface area contributed by atoms with Crippen LogP contribution in [-0.2, 0) is 23.2 Å². The largest absolute Gasteiger partial charge is 0.450 e. The van der Waals surface area contributed by atoms with Crippen LogP contribution in [0.2, 0.25) is 0 Å². The van der Waals surface area contributed by atoms with Gasteiger partial charge in [-0.1, -0.05) is 0 Å². The molecule has 0 spiro atoms. The Hall–Kier alpha value is -0.560. The van der Waals surface area contributed by atoms with Gasteiger partial charge in [0, 0.05) is 0 Å². The molecule has 0 fully saturated rings. The van der Waals surface area contributed by atoms with Gasteiger partial charge >= 0.3 is 14.8 Å². The molecule has 0 unspecified atom stereocenters. The molecule has 0 aliphatic carbocycles. The normalized spacial score (nSPS) is 11.0. The molecule has 9 heteroatoms. The van der Waals surface area contributed by atoms with Gasteiger partial charge in [0.2, 0.25) is 5.78 Å². The second kappa shape index (κ2) is 12.2. The van der Waals surface area contributed by atoms with E-state index in [9.17, 15) is 22.8 Å². The Bertz CT molecular complexity index is 269. The second-order valence-electron chi connectivity index (χ2n) is 3.28. The molecular weight excluding hydrogens is 300 g/mol. The van der Waals surface area contributed by atoms with E-state index < -0.39 is 32.8 Å². The van der Waals surface area contributed by atoms with Gasteiger partial charge in [-0.3, -0.25) is 9.59 Å². The first-order valence-corrected chi connectivity index (χ1v) is 7.06. The molecule has 0 aromatic rings. The minimum atomic E-state index is -4.87. The van der Waals surface area contributed by atoms with Crippen LogP contribution in [0.15, 0.2) is 0 Å². The highest BCUT2D eigenvalue weighted by molar-refractivity contribution is 7.41. The summed E-state index contributed by atoms with van der Waals surface area (Å²) in [6.07, 6.45) is -5.92. The molecular formula is C11H20F3O5P. The SMILES string of the molecule is CC(=O)CC(=O)C(F)(F)F.CCOP(OCC)OCC. The molecule has 20 heavy (non-hydrogen) atoms.